The fourth-order valence-corrected chi connectivity index (χ4v) is 2.41. The second-order valence-electron chi connectivity index (χ2n) is 4.89. The van der Waals surface area contributed by atoms with E-state index in [0.717, 1.165) is 31.6 Å². The first-order chi connectivity index (χ1) is 8.77. The van der Waals surface area contributed by atoms with Crippen LogP contribution in [0.25, 0.3) is 0 Å². The van der Waals surface area contributed by atoms with Gasteiger partial charge in [0.15, 0.2) is 0 Å². The molecule has 6 heteroatoms. The lowest BCUT2D eigenvalue weighted by Crippen LogP contribution is -2.31. The average molecular weight is 251 g/mol. The van der Waals surface area contributed by atoms with Gasteiger partial charge in [-0.05, 0) is 50.9 Å². The fourth-order valence-electron chi connectivity index (χ4n) is 2.41. The smallest absolute Gasteiger partial charge is 0.146 e. The minimum Gasteiger partial charge on any atom is -0.309 e. The van der Waals surface area contributed by atoms with Gasteiger partial charge >= 0.3 is 0 Å². The molecule has 3 heterocycles. The Morgan fingerprint density at radius 3 is 2.44 bits per heavy atom. The molecular weight excluding hydrogens is 230 g/mol. The zero-order valence-corrected chi connectivity index (χ0v) is 10.9. The number of ketones is 1. The van der Waals surface area contributed by atoms with Gasteiger partial charge < -0.3 is 10.6 Å². The predicted molar refractivity (Wildman–Crippen MR) is 69.9 cm³/mol. The van der Waals surface area contributed by atoms with E-state index in [1.165, 1.54) is 12.8 Å². The minimum atomic E-state index is 0.176. The quantitative estimate of drug-likeness (QED) is 0.765. The van der Waals surface area contributed by atoms with Crippen LogP contribution in [-0.2, 0) is 4.79 Å². The number of carbonyl (C=O) groups is 1. The SMILES string of the molecule is C1CN[C@H](C2=NN=NC2)C1.CC(=O)[C@@H]1CCCN1. The lowest BCUT2D eigenvalue weighted by atomic mass is 10.1. The van der Waals surface area contributed by atoms with Crippen molar-refractivity contribution in [3.63, 3.8) is 0 Å². The van der Waals surface area contributed by atoms with Crippen molar-refractivity contribution in [1.82, 2.24) is 10.6 Å². The van der Waals surface area contributed by atoms with Crippen molar-refractivity contribution in [3.8, 4) is 0 Å². The Hall–Kier alpha value is -1.14. The van der Waals surface area contributed by atoms with Gasteiger partial charge in [0.1, 0.15) is 12.3 Å². The van der Waals surface area contributed by atoms with Crippen LogP contribution in [0.2, 0.25) is 0 Å². The third-order valence-electron chi connectivity index (χ3n) is 3.48. The standard InChI is InChI=1S/C6H10N4.C6H11NO/c1-2-5(7-3-1)6-4-8-10-9-6;1-5(8)6-3-2-4-7-6/h5,7H,1-4H2;6-7H,2-4H2,1H3/t5-;6-/m00/s1. The molecule has 2 N–H and O–H groups in total. The van der Waals surface area contributed by atoms with Crippen LogP contribution in [0.1, 0.15) is 32.6 Å². The van der Waals surface area contributed by atoms with Gasteiger partial charge in [-0.15, -0.1) is 5.10 Å². The van der Waals surface area contributed by atoms with Crippen molar-refractivity contribution in [3.05, 3.63) is 0 Å². The van der Waals surface area contributed by atoms with E-state index < -0.39 is 0 Å². The predicted octanol–water partition coefficient (Wildman–Crippen LogP) is 0.888. The number of carbonyl (C=O) groups excluding carboxylic acids is 1. The van der Waals surface area contributed by atoms with E-state index in [1.54, 1.807) is 6.92 Å². The van der Waals surface area contributed by atoms with Crippen molar-refractivity contribution in [2.24, 2.45) is 15.4 Å². The number of Topliss-reactive ketones (excluding diaryl/α,β-unsaturated/α-hetero) is 1. The molecule has 6 nitrogen and oxygen atoms in total. The molecule has 3 aliphatic heterocycles. The number of nitrogens with one attached hydrogen (secondary N) is 2. The summed E-state index contributed by atoms with van der Waals surface area (Å²) in [6.45, 7) is 4.48. The fraction of sp³-hybridized carbons (Fsp3) is 0.833. The molecule has 3 aliphatic rings. The molecule has 0 unspecified atom stereocenters. The topological polar surface area (TPSA) is 78.2 Å². The van der Waals surface area contributed by atoms with Crippen LogP contribution in [0, 0.1) is 0 Å². The summed E-state index contributed by atoms with van der Waals surface area (Å²) in [5.74, 6) is 0.280. The maximum absolute atomic E-state index is 10.6. The second-order valence-corrected chi connectivity index (χ2v) is 4.89. The van der Waals surface area contributed by atoms with E-state index in [2.05, 4.69) is 26.1 Å². The van der Waals surface area contributed by atoms with Crippen LogP contribution in [0.15, 0.2) is 15.4 Å². The van der Waals surface area contributed by atoms with Gasteiger partial charge in [-0.1, -0.05) is 0 Å². The van der Waals surface area contributed by atoms with E-state index in [0.29, 0.717) is 12.6 Å². The van der Waals surface area contributed by atoms with Crippen LogP contribution in [-0.4, -0.2) is 43.2 Å². The van der Waals surface area contributed by atoms with Gasteiger partial charge in [0, 0.05) is 6.04 Å². The summed E-state index contributed by atoms with van der Waals surface area (Å²) in [7, 11) is 0. The highest BCUT2D eigenvalue weighted by molar-refractivity contribution is 5.92. The Balaban J connectivity index is 0.000000138. The van der Waals surface area contributed by atoms with Crippen molar-refractivity contribution in [1.29, 1.82) is 0 Å². The van der Waals surface area contributed by atoms with E-state index >= 15 is 0 Å². The highest BCUT2D eigenvalue weighted by Crippen LogP contribution is 2.10. The van der Waals surface area contributed by atoms with E-state index in [4.69, 9.17) is 0 Å². The van der Waals surface area contributed by atoms with E-state index in [-0.39, 0.29) is 11.8 Å². The second kappa shape index (κ2) is 6.70. The number of hydrogen-bond acceptors (Lipinski definition) is 6. The first kappa shape index (κ1) is 13.3. The third kappa shape index (κ3) is 3.68. The summed E-state index contributed by atoms with van der Waals surface area (Å²) in [6, 6.07) is 0.644. The summed E-state index contributed by atoms with van der Waals surface area (Å²) in [4.78, 5) is 10.6. The zero-order chi connectivity index (χ0) is 12.8. The van der Waals surface area contributed by atoms with Crippen molar-refractivity contribution < 1.29 is 4.79 Å². The van der Waals surface area contributed by atoms with Gasteiger partial charge in [-0.3, -0.25) is 4.79 Å². The molecule has 0 aromatic carbocycles. The molecule has 0 bridgehead atoms. The van der Waals surface area contributed by atoms with Crippen molar-refractivity contribution in [2.75, 3.05) is 19.6 Å². The Bertz CT molecular complexity index is 340. The molecule has 0 amide bonds. The number of nitrogens with zero attached hydrogens (tertiary/aromatic N) is 3. The largest absolute Gasteiger partial charge is 0.309 e. The van der Waals surface area contributed by atoms with Crippen molar-refractivity contribution >= 4 is 11.5 Å². The van der Waals surface area contributed by atoms with Crippen LogP contribution >= 0.6 is 0 Å². The highest BCUT2D eigenvalue weighted by atomic mass is 16.1. The Kier molecular flexibility index (Phi) is 4.95. The maximum Gasteiger partial charge on any atom is 0.146 e. The van der Waals surface area contributed by atoms with Gasteiger partial charge in [0.2, 0.25) is 0 Å². The Morgan fingerprint density at radius 1 is 1.22 bits per heavy atom. The molecule has 3 rings (SSSR count). The molecule has 2 fully saturated rings. The lowest BCUT2D eigenvalue weighted by Gasteiger charge is -2.05. The van der Waals surface area contributed by atoms with Gasteiger partial charge in [0.25, 0.3) is 0 Å². The summed E-state index contributed by atoms with van der Waals surface area (Å²) in [5, 5.41) is 17.8. The summed E-state index contributed by atoms with van der Waals surface area (Å²) >= 11 is 0. The minimum absolute atomic E-state index is 0.176. The van der Waals surface area contributed by atoms with Crippen LogP contribution in [0.3, 0.4) is 0 Å². The van der Waals surface area contributed by atoms with Crippen LogP contribution in [0.5, 0.6) is 0 Å². The third-order valence-corrected chi connectivity index (χ3v) is 3.48. The summed E-state index contributed by atoms with van der Waals surface area (Å²) < 4.78 is 0. The summed E-state index contributed by atoms with van der Waals surface area (Å²) in [6.07, 6.45) is 4.65. The van der Waals surface area contributed by atoms with Crippen LogP contribution in [0.4, 0.5) is 0 Å². The molecule has 0 aromatic heterocycles. The normalized spacial score (nSPS) is 29.9. The molecule has 0 aromatic rings. The molecule has 2 atom stereocenters. The molecule has 0 saturated carbocycles. The molecule has 0 radical (unpaired) electrons. The number of hydrogen-bond donors (Lipinski definition) is 2. The molecule has 18 heavy (non-hydrogen) atoms. The molecule has 0 spiro atoms. The molecule has 2 saturated heterocycles. The zero-order valence-electron chi connectivity index (χ0n) is 10.9. The lowest BCUT2D eigenvalue weighted by molar-refractivity contribution is -0.118. The van der Waals surface area contributed by atoms with Crippen LogP contribution < -0.4 is 10.6 Å². The van der Waals surface area contributed by atoms with Gasteiger partial charge in [-0.2, -0.15) is 5.11 Å². The average Bonchev–Trinajstić information content (AvgIpc) is 3.14. The Morgan fingerprint density at radius 2 is 2.00 bits per heavy atom. The first-order valence-corrected chi connectivity index (χ1v) is 6.68. The molecule has 0 aliphatic carbocycles. The van der Waals surface area contributed by atoms with Crippen molar-refractivity contribution in [2.45, 2.75) is 44.7 Å². The summed E-state index contributed by atoms with van der Waals surface area (Å²) in [5.41, 5.74) is 1.11. The monoisotopic (exact) mass is 251 g/mol. The highest BCUT2D eigenvalue weighted by Gasteiger charge is 2.21. The van der Waals surface area contributed by atoms with Gasteiger partial charge in [-0.25, -0.2) is 0 Å². The maximum atomic E-state index is 10.6. The number of rotatable bonds is 2. The first-order valence-electron chi connectivity index (χ1n) is 6.68. The Labute approximate surface area is 107 Å². The molecular formula is C12H21N5O. The van der Waals surface area contributed by atoms with E-state index in [9.17, 15) is 4.79 Å². The van der Waals surface area contributed by atoms with E-state index in [1.807, 2.05) is 0 Å². The van der Waals surface area contributed by atoms with Gasteiger partial charge in [0.05, 0.1) is 11.8 Å². The molecule has 100 valence electrons.